The van der Waals surface area contributed by atoms with Gasteiger partial charge in [0.05, 0.1) is 16.8 Å². The van der Waals surface area contributed by atoms with Crippen LogP contribution in [0.4, 0.5) is 0 Å². The van der Waals surface area contributed by atoms with Gasteiger partial charge >= 0.3 is 0 Å². The lowest BCUT2D eigenvalue weighted by atomic mass is 10.0. The minimum atomic E-state index is -0.808. The Labute approximate surface area is 160 Å². The van der Waals surface area contributed by atoms with Crippen LogP contribution in [0.2, 0.25) is 0 Å². The molecule has 0 bridgehead atoms. The first-order chi connectivity index (χ1) is 13.3. The maximum absolute atomic E-state index is 12.7. The highest BCUT2D eigenvalue weighted by molar-refractivity contribution is 5.90. The number of nitrogens with one attached hydrogen (secondary N) is 1. The minimum Gasteiger partial charge on any atom is -0.370 e. The number of benzene rings is 1. The van der Waals surface area contributed by atoms with Crippen molar-refractivity contribution < 1.29 is 14.4 Å². The van der Waals surface area contributed by atoms with Crippen LogP contribution in [-0.4, -0.2) is 33.0 Å². The van der Waals surface area contributed by atoms with Crippen molar-refractivity contribution in [2.45, 2.75) is 45.3 Å². The fourth-order valence-corrected chi connectivity index (χ4v) is 3.36. The second kappa shape index (κ2) is 7.79. The van der Waals surface area contributed by atoms with Crippen LogP contribution in [-0.2, 0) is 27.5 Å². The first kappa shape index (κ1) is 19.5. The lowest BCUT2D eigenvalue weighted by Crippen LogP contribution is -2.44. The lowest BCUT2D eigenvalue weighted by Gasteiger charge is -2.17. The van der Waals surface area contributed by atoms with Gasteiger partial charge in [-0.3, -0.25) is 24.0 Å². The van der Waals surface area contributed by atoms with Gasteiger partial charge in [0.15, 0.2) is 5.78 Å². The summed E-state index contributed by atoms with van der Waals surface area (Å²) in [4.78, 5) is 61.3. The molecule has 2 heterocycles. The molecular formula is C19H22N4O5. The van der Waals surface area contributed by atoms with Crippen LogP contribution in [0.15, 0.2) is 33.9 Å². The third-order valence-electron chi connectivity index (χ3n) is 5.06. The Balaban J connectivity index is 1.84. The van der Waals surface area contributed by atoms with E-state index in [1.165, 1.54) is 4.68 Å². The van der Waals surface area contributed by atoms with Crippen LogP contribution < -0.4 is 22.2 Å². The molecule has 148 valence electrons. The molecule has 9 heteroatoms. The fraction of sp³-hybridized carbons (Fsp3) is 0.421. The molecule has 0 radical (unpaired) electrons. The number of amides is 2. The number of nitrogens with two attached hydrogens (primary N) is 1. The average molecular weight is 386 g/mol. The van der Waals surface area contributed by atoms with Crippen molar-refractivity contribution >= 4 is 28.4 Å². The number of rotatable bonds is 5. The molecule has 1 aliphatic rings. The van der Waals surface area contributed by atoms with E-state index in [0.717, 1.165) is 4.68 Å². The number of hydrogen-bond acceptors (Lipinski definition) is 5. The average Bonchev–Trinajstić information content (AvgIpc) is 2.83. The fourth-order valence-electron chi connectivity index (χ4n) is 3.36. The Bertz CT molecular complexity index is 1070. The molecule has 0 saturated carbocycles. The number of nitrogens with zero attached hydrogens (tertiary/aromatic N) is 2. The van der Waals surface area contributed by atoms with E-state index < -0.39 is 23.4 Å². The summed E-state index contributed by atoms with van der Waals surface area (Å²) in [7, 11) is 0. The number of fused-ring (bicyclic) bond motifs is 2. The number of Topliss-reactive ketones (excluding diaryl/α,β-unsaturated/α-hetero) is 1. The number of aromatic nitrogens is 2. The molecule has 0 aliphatic carbocycles. The van der Waals surface area contributed by atoms with Gasteiger partial charge in [-0.15, -0.1) is 0 Å². The van der Waals surface area contributed by atoms with Crippen LogP contribution in [0.1, 0.15) is 26.2 Å². The summed E-state index contributed by atoms with van der Waals surface area (Å²) in [6.45, 7) is 1.49. The Morgan fingerprint density at radius 2 is 1.75 bits per heavy atom. The number of ketones is 1. The Hall–Kier alpha value is -3.23. The van der Waals surface area contributed by atoms with Crippen molar-refractivity contribution in [3.8, 4) is 0 Å². The molecule has 28 heavy (non-hydrogen) atoms. The quantitative estimate of drug-likeness (QED) is 0.716. The highest BCUT2D eigenvalue weighted by Crippen LogP contribution is 2.11. The molecule has 2 atom stereocenters. The zero-order chi connectivity index (χ0) is 20.4. The van der Waals surface area contributed by atoms with E-state index in [1.807, 2.05) is 0 Å². The topological polar surface area (TPSA) is 133 Å². The van der Waals surface area contributed by atoms with Gasteiger partial charge in [-0.1, -0.05) is 19.1 Å². The van der Waals surface area contributed by atoms with E-state index in [4.69, 9.17) is 5.73 Å². The largest absolute Gasteiger partial charge is 0.370 e. The Morgan fingerprint density at radius 1 is 1.14 bits per heavy atom. The predicted octanol–water partition coefficient (Wildman–Crippen LogP) is -0.478. The van der Waals surface area contributed by atoms with Gasteiger partial charge in [-0.25, -0.2) is 9.36 Å². The molecule has 0 fully saturated rings. The lowest BCUT2D eigenvalue weighted by molar-refractivity contribution is -0.130. The number of primary amides is 1. The van der Waals surface area contributed by atoms with E-state index >= 15 is 0 Å². The highest BCUT2D eigenvalue weighted by Gasteiger charge is 2.28. The van der Waals surface area contributed by atoms with Gasteiger partial charge in [0.1, 0.15) is 6.54 Å². The van der Waals surface area contributed by atoms with E-state index in [9.17, 15) is 24.0 Å². The van der Waals surface area contributed by atoms with Crippen molar-refractivity contribution in [2.24, 2.45) is 11.7 Å². The van der Waals surface area contributed by atoms with Gasteiger partial charge in [-0.2, -0.15) is 0 Å². The normalized spacial score (nSPS) is 17.6. The third-order valence-corrected chi connectivity index (χ3v) is 5.06. The van der Waals surface area contributed by atoms with Crippen LogP contribution in [0.25, 0.3) is 10.8 Å². The summed E-state index contributed by atoms with van der Waals surface area (Å²) in [5.74, 6) is -1.70. The van der Waals surface area contributed by atoms with Gasteiger partial charge in [0, 0.05) is 18.9 Å². The SMILES string of the molecule is CC(CCC(N)=O)C(=O)N[C@H]1CCn2c(=O)c3ccccc3c(=O)n2CC1=O. The van der Waals surface area contributed by atoms with Crippen LogP contribution >= 0.6 is 0 Å². The predicted molar refractivity (Wildman–Crippen MR) is 102 cm³/mol. The molecule has 9 nitrogen and oxygen atoms in total. The summed E-state index contributed by atoms with van der Waals surface area (Å²) in [6, 6.07) is 5.67. The zero-order valence-electron chi connectivity index (χ0n) is 15.5. The molecule has 1 aliphatic heterocycles. The van der Waals surface area contributed by atoms with Gasteiger partial charge in [0.25, 0.3) is 11.1 Å². The van der Waals surface area contributed by atoms with Gasteiger partial charge in [-0.05, 0) is 25.0 Å². The van der Waals surface area contributed by atoms with E-state index in [1.54, 1.807) is 31.2 Å². The molecule has 3 rings (SSSR count). The van der Waals surface area contributed by atoms with Crippen molar-refractivity contribution in [1.29, 1.82) is 0 Å². The zero-order valence-corrected chi connectivity index (χ0v) is 15.5. The minimum absolute atomic E-state index is 0.0794. The van der Waals surface area contributed by atoms with Crippen molar-refractivity contribution in [3.63, 3.8) is 0 Å². The Kier molecular flexibility index (Phi) is 5.43. The van der Waals surface area contributed by atoms with Crippen LogP contribution in [0.5, 0.6) is 0 Å². The third kappa shape index (κ3) is 3.73. The maximum Gasteiger partial charge on any atom is 0.273 e. The molecule has 2 amide bonds. The molecule has 2 aromatic rings. The summed E-state index contributed by atoms with van der Waals surface area (Å²) in [6.07, 6.45) is 0.563. The summed E-state index contributed by atoms with van der Waals surface area (Å²) >= 11 is 0. The second-order valence-electron chi connectivity index (χ2n) is 7.06. The maximum atomic E-state index is 12.7. The number of carbonyl (C=O) groups excluding carboxylic acids is 3. The molecule has 1 aromatic carbocycles. The molecule has 0 spiro atoms. The number of hydrogen-bond donors (Lipinski definition) is 2. The first-order valence-electron chi connectivity index (χ1n) is 9.13. The van der Waals surface area contributed by atoms with Crippen LogP contribution in [0, 0.1) is 5.92 Å². The Morgan fingerprint density at radius 3 is 2.36 bits per heavy atom. The molecular weight excluding hydrogens is 364 g/mol. The highest BCUT2D eigenvalue weighted by atomic mass is 16.2. The molecule has 3 N–H and O–H groups in total. The second-order valence-corrected chi connectivity index (χ2v) is 7.06. The van der Waals surface area contributed by atoms with Gasteiger partial charge < -0.3 is 11.1 Å². The summed E-state index contributed by atoms with van der Waals surface area (Å²) in [5.41, 5.74) is 4.34. The molecule has 0 saturated heterocycles. The van der Waals surface area contributed by atoms with Crippen LogP contribution in [0.3, 0.4) is 0 Å². The van der Waals surface area contributed by atoms with E-state index in [0.29, 0.717) is 5.39 Å². The molecule has 1 aromatic heterocycles. The smallest absolute Gasteiger partial charge is 0.273 e. The summed E-state index contributed by atoms with van der Waals surface area (Å²) in [5, 5.41) is 3.24. The van der Waals surface area contributed by atoms with Gasteiger partial charge in [0.2, 0.25) is 11.8 Å². The van der Waals surface area contributed by atoms with E-state index in [2.05, 4.69) is 5.32 Å². The standard InChI is InChI=1S/C19H22N4O5/c1-11(6-7-16(20)25)17(26)21-14-8-9-22-18(27)12-4-2-3-5-13(12)19(28)23(22)10-15(14)24/h2-5,11,14H,6-10H2,1H3,(H2,20,25)(H,21,26)/t11?,14-/m0/s1. The van der Waals surface area contributed by atoms with Crippen molar-refractivity contribution in [2.75, 3.05) is 0 Å². The van der Waals surface area contributed by atoms with E-state index in [-0.39, 0.29) is 55.0 Å². The molecule has 1 unspecified atom stereocenters. The van der Waals surface area contributed by atoms with Crippen molar-refractivity contribution in [1.82, 2.24) is 14.7 Å². The number of carbonyl (C=O) groups is 3. The van der Waals surface area contributed by atoms with Crippen molar-refractivity contribution in [3.05, 3.63) is 45.0 Å². The first-order valence-corrected chi connectivity index (χ1v) is 9.13. The monoisotopic (exact) mass is 386 g/mol. The summed E-state index contributed by atoms with van der Waals surface area (Å²) < 4.78 is 2.42.